The third-order valence-electron chi connectivity index (χ3n) is 8.71. The van der Waals surface area contributed by atoms with Crippen LogP contribution in [0.15, 0.2) is 146 Å². The monoisotopic (exact) mass is 703 g/mol. The third-order valence-corrected chi connectivity index (χ3v) is 8.71. The zero-order valence-electron chi connectivity index (χ0n) is 28.8. The van der Waals surface area contributed by atoms with Crippen LogP contribution in [0.25, 0.3) is 0 Å². The maximum Gasteiger partial charge on any atom is 0.338 e. The van der Waals surface area contributed by atoms with Gasteiger partial charge < -0.3 is 28.4 Å². The van der Waals surface area contributed by atoms with Gasteiger partial charge >= 0.3 is 5.97 Å². The first-order valence-electron chi connectivity index (χ1n) is 17.2. The molecule has 5 aromatic rings. The second-order valence-corrected chi connectivity index (χ2v) is 12.5. The molecule has 6 rings (SSSR count). The molecular formula is C42H41NO9. The van der Waals surface area contributed by atoms with Crippen LogP contribution < -0.4 is 0 Å². The molecule has 0 radical (unpaired) electrons. The maximum absolute atomic E-state index is 13.4. The predicted octanol–water partition coefficient (Wildman–Crippen LogP) is 7.84. The number of esters is 1. The number of hydrogen-bond donors (Lipinski definition) is 0. The number of nitro groups is 1. The summed E-state index contributed by atoms with van der Waals surface area (Å²) in [5.41, 5.74) is 3.81. The van der Waals surface area contributed by atoms with E-state index in [1.807, 2.05) is 121 Å². The summed E-state index contributed by atoms with van der Waals surface area (Å²) >= 11 is 0. The van der Waals surface area contributed by atoms with Crippen molar-refractivity contribution in [3.63, 3.8) is 0 Å². The normalized spacial score (nSPS) is 20.5. The molecule has 52 heavy (non-hydrogen) atoms. The zero-order valence-corrected chi connectivity index (χ0v) is 28.8. The number of carbonyl (C=O) groups excluding carboxylic acids is 1. The van der Waals surface area contributed by atoms with Gasteiger partial charge in [0.15, 0.2) is 6.29 Å². The molecule has 1 aliphatic rings. The molecule has 268 valence electrons. The number of non-ortho nitro benzene ring substituents is 1. The minimum atomic E-state index is -0.952. The summed E-state index contributed by atoms with van der Waals surface area (Å²) in [6, 6.07) is 44.3. The second kappa shape index (κ2) is 18.3. The van der Waals surface area contributed by atoms with Crippen molar-refractivity contribution in [1.82, 2.24) is 0 Å². The van der Waals surface area contributed by atoms with Gasteiger partial charge in [0.2, 0.25) is 0 Å². The SMILES string of the molecule is CC(OC(=O)c1ccc([N+](=O)[O-])cc1)C1O[C@H](OCc2ccccc2)C(OCc2ccccc2)C(OCc2ccccc2)[C@@H]1OCc1ccccc1. The van der Waals surface area contributed by atoms with Crippen LogP contribution in [0.2, 0.25) is 0 Å². The first kappa shape index (κ1) is 36.6. The Kier molecular flexibility index (Phi) is 12.9. The van der Waals surface area contributed by atoms with Gasteiger partial charge in [-0.05, 0) is 41.3 Å². The summed E-state index contributed by atoms with van der Waals surface area (Å²) in [6.45, 7) is 2.67. The molecule has 0 spiro atoms. The van der Waals surface area contributed by atoms with Crippen molar-refractivity contribution in [1.29, 1.82) is 0 Å². The molecule has 5 aromatic carbocycles. The highest BCUT2D eigenvalue weighted by Crippen LogP contribution is 2.34. The molecule has 4 unspecified atom stereocenters. The Labute approximate surface area is 303 Å². The molecule has 0 aliphatic carbocycles. The third kappa shape index (κ3) is 9.97. The zero-order chi connectivity index (χ0) is 36.1. The molecule has 0 saturated carbocycles. The summed E-state index contributed by atoms with van der Waals surface area (Å²) in [4.78, 5) is 24.1. The van der Waals surface area contributed by atoms with Crippen molar-refractivity contribution in [2.75, 3.05) is 0 Å². The quantitative estimate of drug-likeness (QED) is 0.0576. The van der Waals surface area contributed by atoms with Crippen LogP contribution >= 0.6 is 0 Å². The minimum Gasteiger partial charge on any atom is -0.456 e. The predicted molar refractivity (Wildman–Crippen MR) is 193 cm³/mol. The van der Waals surface area contributed by atoms with Crippen LogP contribution in [0.4, 0.5) is 5.69 Å². The molecule has 1 saturated heterocycles. The van der Waals surface area contributed by atoms with E-state index in [9.17, 15) is 14.9 Å². The molecule has 10 heteroatoms. The number of hydrogen-bond acceptors (Lipinski definition) is 9. The highest BCUT2D eigenvalue weighted by atomic mass is 16.7. The lowest BCUT2D eigenvalue weighted by atomic mass is 9.94. The lowest BCUT2D eigenvalue weighted by Gasteiger charge is -2.47. The smallest absolute Gasteiger partial charge is 0.338 e. The van der Waals surface area contributed by atoms with Crippen LogP contribution in [0.1, 0.15) is 39.5 Å². The molecule has 0 N–H and O–H groups in total. The average Bonchev–Trinajstić information content (AvgIpc) is 3.19. The van der Waals surface area contributed by atoms with Crippen LogP contribution in [0, 0.1) is 10.1 Å². The Morgan fingerprint density at radius 3 is 1.44 bits per heavy atom. The number of nitro benzene ring substituents is 1. The van der Waals surface area contributed by atoms with Gasteiger partial charge in [-0.2, -0.15) is 0 Å². The van der Waals surface area contributed by atoms with E-state index in [2.05, 4.69) is 0 Å². The Bertz CT molecular complexity index is 1830. The van der Waals surface area contributed by atoms with Gasteiger partial charge in [-0.1, -0.05) is 121 Å². The number of benzene rings is 5. The van der Waals surface area contributed by atoms with Crippen LogP contribution in [-0.2, 0) is 54.8 Å². The van der Waals surface area contributed by atoms with Crippen LogP contribution in [-0.4, -0.2) is 47.7 Å². The van der Waals surface area contributed by atoms with E-state index in [0.717, 1.165) is 22.3 Å². The fourth-order valence-electron chi connectivity index (χ4n) is 5.98. The summed E-state index contributed by atoms with van der Waals surface area (Å²) in [5.74, 6) is -0.668. The fraction of sp³-hybridized carbons (Fsp3) is 0.262. The number of ether oxygens (including phenoxy) is 6. The van der Waals surface area contributed by atoms with Crippen LogP contribution in [0.3, 0.4) is 0 Å². The van der Waals surface area contributed by atoms with Crippen molar-refractivity contribution in [2.45, 2.75) is 70.2 Å². The number of carbonyl (C=O) groups is 1. The average molecular weight is 704 g/mol. The van der Waals surface area contributed by atoms with E-state index in [1.165, 1.54) is 24.3 Å². The lowest BCUT2D eigenvalue weighted by molar-refractivity contribution is -0.384. The van der Waals surface area contributed by atoms with Gasteiger partial charge in [0, 0.05) is 12.1 Å². The summed E-state index contributed by atoms with van der Waals surface area (Å²) in [6.07, 6.45) is -4.99. The molecule has 0 amide bonds. The highest BCUT2D eigenvalue weighted by Gasteiger charge is 2.51. The molecule has 0 aromatic heterocycles. The fourth-order valence-corrected chi connectivity index (χ4v) is 5.98. The minimum absolute atomic E-state index is 0.132. The van der Waals surface area contributed by atoms with Gasteiger partial charge in [-0.3, -0.25) is 10.1 Å². The Morgan fingerprint density at radius 1 is 0.596 bits per heavy atom. The van der Waals surface area contributed by atoms with Gasteiger partial charge in [0.05, 0.1) is 36.9 Å². The lowest BCUT2D eigenvalue weighted by Crippen LogP contribution is -2.63. The molecular weight excluding hydrogens is 662 g/mol. The Morgan fingerprint density at radius 2 is 1.00 bits per heavy atom. The van der Waals surface area contributed by atoms with E-state index in [0.29, 0.717) is 0 Å². The van der Waals surface area contributed by atoms with Crippen molar-refractivity contribution < 1.29 is 38.1 Å². The molecule has 6 atom stereocenters. The van der Waals surface area contributed by atoms with E-state index >= 15 is 0 Å². The first-order chi connectivity index (χ1) is 25.4. The highest BCUT2D eigenvalue weighted by molar-refractivity contribution is 5.89. The van der Waals surface area contributed by atoms with Gasteiger partial charge in [0.25, 0.3) is 5.69 Å². The molecule has 0 bridgehead atoms. The van der Waals surface area contributed by atoms with E-state index < -0.39 is 47.7 Å². The van der Waals surface area contributed by atoms with Gasteiger partial charge in [-0.15, -0.1) is 0 Å². The van der Waals surface area contributed by atoms with Crippen molar-refractivity contribution >= 4 is 11.7 Å². The number of rotatable bonds is 16. The van der Waals surface area contributed by atoms with E-state index in [1.54, 1.807) is 6.92 Å². The Balaban J connectivity index is 1.33. The first-order valence-corrected chi connectivity index (χ1v) is 17.2. The molecule has 1 aliphatic heterocycles. The second-order valence-electron chi connectivity index (χ2n) is 12.5. The standard InChI is InChI=1S/C42H41NO9/c1-30(51-41(44)35-22-24-36(25-23-35)43(45)46)37-38(47-26-31-14-6-2-7-15-31)39(48-27-32-16-8-3-9-17-32)40(49-28-33-18-10-4-11-19-33)42(52-37)50-29-34-20-12-5-13-21-34/h2-25,30,37-40,42H,26-29H2,1H3/t30?,37?,38-,39?,40?,42+/m1/s1. The van der Waals surface area contributed by atoms with Gasteiger partial charge in [-0.25, -0.2) is 4.79 Å². The summed E-state index contributed by atoms with van der Waals surface area (Å²) in [5, 5.41) is 11.2. The summed E-state index contributed by atoms with van der Waals surface area (Å²) < 4.78 is 39.2. The van der Waals surface area contributed by atoms with Crippen molar-refractivity contribution in [3.05, 3.63) is 184 Å². The molecule has 1 heterocycles. The Hall–Kier alpha value is -5.23. The van der Waals surface area contributed by atoms with E-state index in [-0.39, 0.29) is 37.7 Å². The van der Waals surface area contributed by atoms with E-state index in [4.69, 9.17) is 28.4 Å². The molecule has 10 nitrogen and oxygen atoms in total. The van der Waals surface area contributed by atoms with Crippen molar-refractivity contribution in [2.24, 2.45) is 0 Å². The summed E-state index contributed by atoms with van der Waals surface area (Å²) in [7, 11) is 0. The number of nitrogens with zero attached hydrogens (tertiary/aromatic N) is 1. The van der Waals surface area contributed by atoms with Crippen LogP contribution in [0.5, 0.6) is 0 Å². The topological polar surface area (TPSA) is 116 Å². The maximum atomic E-state index is 13.4. The largest absolute Gasteiger partial charge is 0.456 e. The van der Waals surface area contributed by atoms with Crippen molar-refractivity contribution in [3.8, 4) is 0 Å². The van der Waals surface area contributed by atoms with Gasteiger partial charge in [0.1, 0.15) is 30.5 Å². The molecule has 1 fully saturated rings.